The number of ether oxygens (including phenoxy) is 2. The fraction of sp³-hybridized carbons (Fsp3) is 0.848. The number of rotatable bonds is 38. The summed E-state index contributed by atoms with van der Waals surface area (Å²) in [6.07, 6.45) is 24.0. The number of aliphatic hydroxyl groups excluding tert-OH is 3. The Labute approximate surface area is 362 Å². The molecule has 0 saturated heterocycles. The Balaban J connectivity index is 2.50. The van der Waals surface area contributed by atoms with E-state index in [0.717, 1.165) is 51.4 Å². The molecule has 0 aromatic carbocycles. The summed E-state index contributed by atoms with van der Waals surface area (Å²) in [6, 6.07) is 0. The molecular formula is C46H84NO12P. The third-order valence-corrected chi connectivity index (χ3v) is 11.9. The summed E-state index contributed by atoms with van der Waals surface area (Å²) in [6.45, 7) is 3.67. The van der Waals surface area contributed by atoms with Gasteiger partial charge in [-0.15, -0.1) is 0 Å². The first kappa shape index (κ1) is 56.1. The number of hydrogen-bond acceptors (Lipinski definition) is 12. The number of unbranched alkanes of at least 4 members (excludes halogenated alkanes) is 14. The van der Waals surface area contributed by atoms with Crippen LogP contribution in [-0.2, 0) is 37.5 Å². The Kier molecular flexibility index (Phi) is 31.4. The topological polar surface area (TPSA) is 189 Å². The van der Waals surface area contributed by atoms with Crippen molar-refractivity contribution in [3.05, 3.63) is 24.3 Å². The maximum absolute atomic E-state index is 12.9. The summed E-state index contributed by atoms with van der Waals surface area (Å²) >= 11 is 0. The molecule has 60 heavy (non-hydrogen) atoms. The van der Waals surface area contributed by atoms with Crippen molar-refractivity contribution in [2.24, 2.45) is 11.8 Å². The van der Waals surface area contributed by atoms with Crippen molar-refractivity contribution in [1.82, 2.24) is 0 Å². The number of quaternary nitrogens is 1. The fourth-order valence-corrected chi connectivity index (χ4v) is 7.90. The zero-order valence-corrected chi connectivity index (χ0v) is 38.9. The van der Waals surface area contributed by atoms with Gasteiger partial charge in [0.15, 0.2) is 6.10 Å². The number of carbonyl (C=O) groups is 3. The lowest BCUT2D eigenvalue weighted by molar-refractivity contribution is -0.870. The first-order valence-electron chi connectivity index (χ1n) is 23.2. The lowest BCUT2D eigenvalue weighted by Gasteiger charge is -2.28. The molecule has 13 nitrogen and oxygen atoms in total. The Hall–Kier alpha value is -1.96. The highest BCUT2D eigenvalue weighted by molar-refractivity contribution is 7.45. The van der Waals surface area contributed by atoms with E-state index in [4.69, 9.17) is 18.5 Å². The Morgan fingerprint density at radius 2 is 1.32 bits per heavy atom. The van der Waals surface area contributed by atoms with E-state index in [1.54, 1.807) is 12.2 Å². The van der Waals surface area contributed by atoms with Gasteiger partial charge in [-0.3, -0.25) is 18.9 Å². The average Bonchev–Trinajstić information content (AvgIpc) is 3.44. The van der Waals surface area contributed by atoms with Gasteiger partial charge in [0, 0.05) is 43.9 Å². The molecule has 0 bridgehead atoms. The first-order valence-corrected chi connectivity index (χ1v) is 24.7. The molecule has 0 aromatic heterocycles. The predicted molar refractivity (Wildman–Crippen MR) is 234 cm³/mol. The third-order valence-electron chi connectivity index (χ3n) is 10.9. The van der Waals surface area contributed by atoms with Crippen LogP contribution in [0.5, 0.6) is 0 Å². The molecule has 14 heteroatoms. The van der Waals surface area contributed by atoms with Crippen molar-refractivity contribution in [2.45, 2.75) is 192 Å². The second-order valence-electron chi connectivity index (χ2n) is 17.7. The third kappa shape index (κ3) is 30.1. The average molecular weight is 874 g/mol. The van der Waals surface area contributed by atoms with E-state index in [2.05, 4.69) is 26.0 Å². The van der Waals surface area contributed by atoms with Gasteiger partial charge in [0.25, 0.3) is 7.82 Å². The van der Waals surface area contributed by atoms with Crippen molar-refractivity contribution in [1.29, 1.82) is 0 Å². The van der Waals surface area contributed by atoms with E-state index >= 15 is 0 Å². The van der Waals surface area contributed by atoms with Crippen LogP contribution in [0.2, 0.25) is 0 Å². The number of carbonyl (C=O) groups excluding carboxylic acids is 3. The van der Waals surface area contributed by atoms with Crippen LogP contribution in [0.15, 0.2) is 24.3 Å². The van der Waals surface area contributed by atoms with Gasteiger partial charge in [-0.2, -0.15) is 0 Å². The Morgan fingerprint density at radius 1 is 0.750 bits per heavy atom. The number of Topliss-reactive ketones (excluding diaryl/α,β-unsaturated/α-hetero) is 1. The molecule has 1 fully saturated rings. The fourth-order valence-electron chi connectivity index (χ4n) is 7.17. The van der Waals surface area contributed by atoms with Crippen LogP contribution in [0.25, 0.3) is 0 Å². The van der Waals surface area contributed by atoms with Crippen molar-refractivity contribution in [3.63, 3.8) is 0 Å². The van der Waals surface area contributed by atoms with E-state index < -0.39 is 69.2 Å². The molecule has 1 aliphatic carbocycles. The van der Waals surface area contributed by atoms with Crippen LogP contribution in [0, 0.1) is 11.8 Å². The minimum absolute atomic E-state index is 0.00904. The number of aliphatic hydroxyl groups is 3. The quantitative estimate of drug-likeness (QED) is 0.0178. The maximum Gasteiger partial charge on any atom is 0.306 e. The molecule has 1 rings (SSSR count). The monoisotopic (exact) mass is 874 g/mol. The SMILES string of the molecule is CCCCCC/C=C\CCCCCCCCCC(=O)O[C@H](COC(=O)CCCCC(=O)C[C@@H]1[C@@H](/C=C/[C@@H](O)CCCCC)[C@H](O)C[C@@H]1O)COP(=O)([O-])OCC[N+](C)(C)C. The zero-order chi connectivity index (χ0) is 44.7. The van der Waals surface area contributed by atoms with Crippen molar-refractivity contribution in [2.75, 3.05) is 47.5 Å². The van der Waals surface area contributed by atoms with Gasteiger partial charge in [-0.1, -0.05) is 109 Å². The highest BCUT2D eigenvalue weighted by atomic mass is 31.2. The molecule has 0 aromatic rings. The van der Waals surface area contributed by atoms with Gasteiger partial charge >= 0.3 is 11.9 Å². The van der Waals surface area contributed by atoms with E-state index in [1.807, 2.05) is 21.1 Å². The summed E-state index contributed by atoms with van der Waals surface area (Å²) in [4.78, 5) is 50.6. The van der Waals surface area contributed by atoms with Crippen LogP contribution in [0.3, 0.4) is 0 Å². The van der Waals surface area contributed by atoms with Gasteiger partial charge in [-0.25, -0.2) is 0 Å². The highest BCUT2D eigenvalue weighted by Crippen LogP contribution is 2.39. The van der Waals surface area contributed by atoms with Gasteiger partial charge in [0.1, 0.15) is 25.5 Å². The molecule has 0 heterocycles. The Bertz CT molecular complexity index is 1250. The summed E-state index contributed by atoms with van der Waals surface area (Å²) < 4.78 is 33.8. The second kappa shape index (κ2) is 33.6. The molecule has 0 radical (unpaired) electrons. The lowest BCUT2D eigenvalue weighted by atomic mass is 9.87. The number of phosphoric acid groups is 1. The van der Waals surface area contributed by atoms with E-state index in [0.29, 0.717) is 36.7 Å². The standard InChI is InChI=1S/C46H84NO12P/c1-6-8-10-11-12-13-14-15-16-17-18-19-20-21-23-29-46(53)59-40(37-58-60(54,55)57-33-32-47(3,4)5)36-56-45(52)28-25-24-27-39(49)34-42-41(43(50)35-44(42)51)31-30-38(48)26-22-9-7-2/h13-14,30-31,38,40-44,48,50-51H,6-12,15-29,32-37H2,1-5H3/b14-13-,31-30+/t38-,40+,41+,42+,43+,44-/m0/s1. The molecule has 350 valence electrons. The van der Waals surface area contributed by atoms with Crippen LogP contribution in [-0.4, -0.2) is 109 Å². The van der Waals surface area contributed by atoms with Crippen LogP contribution in [0.1, 0.15) is 168 Å². The number of hydrogen-bond donors (Lipinski definition) is 3. The molecule has 0 amide bonds. The van der Waals surface area contributed by atoms with Gasteiger partial charge in [-0.05, 0) is 51.4 Å². The maximum atomic E-state index is 12.9. The number of allylic oxidation sites excluding steroid dienone is 2. The van der Waals surface area contributed by atoms with Crippen molar-refractivity contribution >= 4 is 25.5 Å². The minimum atomic E-state index is -4.72. The Morgan fingerprint density at radius 3 is 1.97 bits per heavy atom. The number of ketones is 1. The number of nitrogens with zero attached hydrogens (tertiary/aromatic N) is 1. The normalized spacial score (nSPS) is 20.4. The molecule has 0 aliphatic heterocycles. The molecule has 7 atom stereocenters. The van der Waals surface area contributed by atoms with Crippen LogP contribution in [0.4, 0.5) is 0 Å². The second-order valence-corrected chi connectivity index (χ2v) is 19.1. The smallest absolute Gasteiger partial charge is 0.306 e. The predicted octanol–water partition coefficient (Wildman–Crippen LogP) is 8.06. The van der Waals surface area contributed by atoms with Gasteiger partial charge in [0.2, 0.25) is 0 Å². The van der Waals surface area contributed by atoms with Gasteiger partial charge in [0.05, 0.1) is 46.1 Å². The molecule has 0 spiro atoms. The summed E-state index contributed by atoms with van der Waals surface area (Å²) in [5, 5.41) is 31.3. The number of phosphoric ester groups is 1. The largest absolute Gasteiger partial charge is 0.756 e. The highest BCUT2D eigenvalue weighted by Gasteiger charge is 2.41. The molecule has 1 saturated carbocycles. The first-order chi connectivity index (χ1) is 28.6. The van der Waals surface area contributed by atoms with E-state index in [9.17, 15) is 39.2 Å². The van der Waals surface area contributed by atoms with Crippen molar-refractivity contribution in [3.8, 4) is 0 Å². The lowest BCUT2D eigenvalue weighted by Crippen LogP contribution is -2.37. The van der Waals surface area contributed by atoms with E-state index in [1.165, 1.54) is 44.9 Å². The molecular weight excluding hydrogens is 789 g/mol. The van der Waals surface area contributed by atoms with Crippen molar-refractivity contribution < 1.29 is 62.2 Å². The van der Waals surface area contributed by atoms with Gasteiger partial charge < -0.3 is 43.2 Å². The molecule has 1 aliphatic rings. The number of esters is 2. The number of likely N-dealkylation sites (N-methyl/N-ethyl adjacent to an activating group) is 1. The van der Waals surface area contributed by atoms with Crippen LogP contribution >= 0.6 is 7.82 Å². The molecule has 3 N–H and O–H groups in total. The summed E-state index contributed by atoms with van der Waals surface area (Å²) in [5.74, 6) is -2.11. The molecule has 1 unspecified atom stereocenters. The van der Waals surface area contributed by atoms with Crippen LogP contribution < -0.4 is 4.89 Å². The summed E-state index contributed by atoms with van der Waals surface area (Å²) in [7, 11) is 0.961. The summed E-state index contributed by atoms with van der Waals surface area (Å²) in [5.41, 5.74) is 0. The van der Waals surface area contributed by atoms with E-state index in [-0.39, 0.29) is 44.5 Å². The zero-order valence-electron chi connectivity index (χ0n) is 38.0. The minimum Gasteiger partial charge on any atom is -0.756 e.